The smallest absolute Gasteiger partial charge is 0.211 e. The number of carbonyl (C=O) groups excluding carboxylic acids is 1. The number of halogens is 1. The Morgan fingerprint density at radius 3 is 2.79 bits per heavy atom. The van der Waals surface area contributed by atoms with Crippen LogP contribution >= 0.6 is 0 Å². The average molecular weight is 284 g/mol. The molecule has 0 aliphatic carbocycles. The first-order valence-corrected chi connectivity index (χ1v) is 7.31. The fourth-order valence-electron chi connectivity index (χ4n) is 2.11. The lowest BCUT2D eigenvalue weighted by molar-refractivity contribution is 0.315. The van der Waals surface area contributed by atoms with Gasteiger partial charge in [0.1, 0.15) is 10.7 Å². The first-order valence-electron chi connectivity index (χ1n) is 5.87. The molecule has 1 saturated heterocycles. The third-order valence-electron chi connectivity index (χ3n) is 3.05. The molecule has 1 atom stereocenters. The van der Waals surface area contributed by atoms with Crippen LogP contribution in [0, 0.1) is 5.82 Å². The van der Waals surface area contributed by atoms with Crippen molar-refractivity contribution < 1.29 is 17.6 Å². The van der Waals surface area contributed by atoms with Gasteiger partial charge in [-0.15, -0.1) is 0 Å². The summed E-state index contributed by atoms with van der Waals surface area (Å²) in [6.45, 7) is 0.396. The molecular formula is C12H13FN2O3S. The SMILES string of the molecule is O=C=NC1CCCN(S(=O)(=O)c2ccccc2F)C1. The van der Waals surface area contributed by atoms with Crippen molar-refractivity contribution in [3.05, 3.63) is 30.1 Å². The molecule has 1 heterocycles. The molecule has 0 spiro atoms. The number of rotatable bonds is 3. The fraction of sp³-hybridized carbons (Fsp3) is 0.417. The Kier molecular flexibility index (Phi) is 4.09. The maximum absolute atomic E-state index is 13.6. The third-order valence-corrected chi connectivity index (χ3v) is 4.95. The molecule has 7 heteroatoms. The summed E-state index contributed by atoms with van der Waals surface area (Å²) in [5.41, 5.74) is 0. The highest BCUT2D eigenvalue weighted by molar-refractivity contribution is 7.89. The van der Waals surface area contributed by atoms with Crippen LogP contribution in [0.15, 0.2) is 34.2 Å². The second kappa shape index (κ2) is 5.61. The average Bonchev–Trinajstić information content (AvgIpc) is 2.40. The van der Waals surface area contributed by atoms with Gasteiger partial charge in [-0.3, -0.25) is 0 Å². The highest BCUT2D eigenvalue weighted by Crippen LogP contribution is 2.23. The number of isocyanates is 1. The maximum atomic E-state index is 13.6. The van der Waals surface area contributed by atoms with Crippen molar-refractivity contribution in [1.82, 2.24) is 4.31 Å². The Hall–Kier alpha value is -1.56. The van der Waals surface area contributed by atoms with Crippen LogP contribution in [0.3, 0.4) is 0 Å². The van der Waals surface area contributed by atoms with Gasteiger partial charge in [-0.25, -0.2) is 22.6 Å². The normalized spacial score (nSPS) is 20.8. The van der Waals surface area contributed by atoms with Crippen LogP contribution in [-0.2, 0) is 14.8 Å². The fourth-order valence-corrected chi connectivity index (χ4v) is 3.69. The van der Waals surface area contributed by atoms with Gasteiger partial charge in [0.15, 0.2) is 0 Å². The highest BCUT2D eigenvalue weighted by atomic mass is 32.2. The van der Waals surface area contributed by atoms with Crippen LogP contribution in [0.2, 0.25) is 0 Å². The molecule has 1 fully saturated rings. The molecule has 1 aliphatic heterocycles. The molecule has 0 bridgehead atoms. The van der Waals surface area contributed by atoms with E-state index in [2.05, 4.69) is 4.99 Å². The standard InChI is InChI=1S/C12H13FN2O3S/c13-11-5-1-2-6-12(11)19(17,18)15-7-3-4-10(8-15)14-9-16/h1-2,5-6,10H,3-4,7-8H2. The highest BCUT2D eigenvalue weighted by Gasteiger charge is 2.31. The molecule has 2 rings (SSSR count). The maximum Gasteiger partial charge on any atom is 0.246 e. The van der Waals surface area contributed by atoms with Crippen molar-refractivity contribution in [2.75, 3.05) is 13.1 Å². The largest absolute Gasteiger partial charge is 0.246 e. The van der Waals surface area contributed by atoms with E-state index < -0.39 is 21.9 Å². The summed E-state index contributed by atoms with van der Waals surface area (Å²) in [7, 11) is -3.88. The van der Waals surface area contributed by atoms with Gasteiger partial charge in [0, 0.05) is 13.1 Å². The minimum atomic E-state index is -3.88. The molecule has 0 radical (unpaired) electrons. The van der Waals surface area contributed by atoms with Crippen molar-refractivity contribution in [3.8, 4) is 0 Å². The van der Waals surface area contributed by atoms with Gasteiger partial charge < -0.3 is 0 Å². The van der Waals surface area contributed by atoms with Crippen molar-refractivity contribution in [1.29, 1.82) is 0 Å². The van der Waals surface area contributed by atoms with Gasteiger partial charge in [0.25, 0.3) is 0 Å². The zero-order valence-electron chi connectivity index (χ0n) is 10.1. The zero-order chi connectivity index (χ0) is 13.9. The second-order valence-corrected chi connectivity index (χ2v) is 6.22. The molecule has 1 aliphatic rings. The summed E-state index contributed by atoms with van der Waals surface area (Å²) in [4.78, 5) is 13.5. The molecule has 5 nitrogen and oxygen atoms in total. The molecule has 0 amide bonds. The van der Waals surface area contributed by atoms with Crippen LogP contribution in [0.4, 0.5) is 4.39 Å². The van der Waals surface area contributed by atoms with E-state index in [0.717, 1.165) is 6.07 Å². The van der Waals surface area contributed by atoms with Gasteiger partial charge in [0.2, 0.25) is 16.1 Å². The lowest BCUT2D eigenvalue weighted by Crippen LogP contribution is -2.41. The van der Waals surface area contributed by atoms with E-state index in [4.69, 9.17) is 0 Å². The number of sulfonamides is 1. The van der Waals surface area contributed by atoms with E-state index in [1.807, 2.05) is 0 Å². The summed E-state index contributed by atoms with van der Waals surface area (Å²) in [5.74, 6) is -0.775. The molecule has 19 heavy (non-hydrogen) atoms. The van der Waals surface area contributed by atoms with E-state index in [1.54, 1.807) is 0 Å². The van der Waals surface area contributed by atoms with E-state index in [0.29, 0.717) is 19.4 Å². The first kappa shape index (κ1) is 13.9. The van der Waals surface area contributed by atoms with Crippen molar-refractivity contribution >= 4 is 16.1 Å². The van der Waals surface area contributed by atoms with Gasteiger partial charge in [-0.2, -0.15) is 4.31 Å². The van der Waals surface area contributed by atoms with E-state index in [9.17, 15) is 17.6 Å². The van der Waals surface area contributed by atoms with Gasteiger partial charge >= 0.3 is 0 Å². The number of aliphatic imine (C=N–C) groups is 1. The zero-order valence-corrected chi connectivity index (χ0v) is 10.9. The summed E-state index contributed by atoms with van der Waals surface area (Å²) in [6.07, 6.45) is 2.66. The lowest BCUT2D eigenvalue weighted by Gasteiger charge is -2.29. The van der Waals surface area contributed by atoms with Gasteiger partial charge in [-0.05, 0) is 25.0 Å². The number of nitrogens with zero attached hydrogens (tertiary/aromatic N) is 2. The van der Waals surface area contributed by atoms with Crippen LogP contribution in [-0.4, -0.2) is 37.9 Å². The summed E-state index contributed by atoms with van der Waals surface area (Å²) < 4.78 is 39.4. The van der Waals surface area contributed by atoms with E-state index in [-0.39, 0.29) is 11.4 Å². The van der Waals surface area contributed by atoms with Crippen LogP contribution < -0.4 is 0 Å². The molecule has 0 N–H and O–H groups in total. The minimum Gasteiger partial charge on any atom is -0.211 e. The van der Waals surface area contributed by atoms with Gasteiger partial charge in [-0.1, -0.05) is 12.1 Å². The monoisotopic (exact) mass is 284 g/mol. The van der Waals surface area contributed by atoms with Crippen LogP contribution in [0.25, 0.3) is 0 Å². The van der Waals surface area contributed by atoms with E-state index in [1.165, 1.54) is 28.6 Å². The number of hydrogen-bond donors (Lipinski definition) is 0. The molecule has 1 unspecified atom stereocenters. The summed E-state index contributed by atoms with van der Waals surface area (Å²) >= 11 is 0. The van der Waals surface area contributed by atoms with Crippen LogP contribution in [0.1, 0.15) is 12.8 Å². The Balaban J connectivity index is 2.30. The Morgan fingerprint density at radius 1 is 1.37 bits per heavy atom. The second-order valence-electron chi connectivity index (χ2n) is 4.31. The van der Waals surface area contributed by atoms with Crippen LogP contribution in [0.5, 0.6) is 0 Å². The summed E-state index contributed by atoms with van der Waals surface area (Å²) in [6, 6.07) is 4.85. The third kappa shape index (κ3) is 2.89. The Bertz CT molecular complexity index is 611. The quantitative estimate of drug-likeness (QED) is 0.621. The number of benzene rings is 1. The lowest BCUT2D eigenvalue weighted by atomic mass is 10.1. The van der Waals surface area contributed by atoms with Gasteiger partial charge in [0.05, 0.1) is 6.04 Å². The minimum absolute atomic E-state index is 0.0892. The van der Waals surface area contributed by atoms with Crippen molar-refractivity contribution in [3.63, 3.8) is 0 Å². The first-order chi connectivity index (χ1) is 9.05. The van der Waals surface area contributed by atoms with E-state index >= 15 is 0 Å². The molecule has 1 aromatic carbocycles. The summed E-state index contributed by atoms with van der Waals surface area (Å²) in [5, 5.41) is 0. The predicted octanol–water partition coefficient (Wildman–Crippen LogP) is 1.31. The molecule has 0 saturated carbocycles. The molecule has 102 valence electrons. The molecular weight excluding hydrogens is 271 g/mol. The Labute approximate surface area is 110 Å². The molecule has 0 aromatic heterocycles. The number of hydrogen-bond acceptors (Lipinski definition) is 4. The number of piperidine rings is 1. The van der Waals surface area contributed by atoms with Crippen molar-refractivity contribution in [2.45, 2.75) is 23.8 Å². The molecule has 1 aromatic rings. The topological polar surface area (TPSA) is 66.8 Å². The predicted molar refractivity (Wildman–Crippen MR) is 66.3 cm³/mol. The Morgan fingerprint density at radius 2 is 2.11 bits per heavy atom. The van der Waals surface area contributed by atoms with Crippen molar-refractivity contribution in [2.24, 2.45) is 4.99 Å².